The maximum absolute atomic E-state index is 9.73. The van der Waals surface area contributed by atoms with Gasteiger partial charge in [-0.1, -0.05) is 6.08 Å². The number of thiophene rings is 1. The molecule has 1 N–H and O–H groups in total. The van der Waals surface area contributed by atoms with E-state index in [1.807, 2.05) is 6.08 Å². The van der Waals surface area contributed by atoms with Crippen molar-refractivity contribution < 1.29 is 4.90 Å². The first-order valence-corrected chi connectivity index (χ1v) is 9.20. The second kappa shape index (κ2) is 6.66. The number of nitrogens with one attached hydrogen (secondary N) is 1. The van der Waals surface area contributed by atoms with Crippen molar-refractivity contribution >= 4 is 23.1 Å². The predicted molar refractivity (Wildman–Crippen MR) is 92.3 cm³/mol. The average Bonchev–Trinajstić information content (AvgIpc) is 3.05. The largest absolute Gasteiger partial charge is 0.333 e. The molecule has 0 aromatic carbocycles. The van der Waals surface area contributed by atoms with E-state index in [1.165, 1.54) is 10.5 Å². The second-order valence-electron chi connectivity index (χ2n) is 5.45. The van der Waals surface area contributed by atoms with E-state index in [0.717, 1.165) is 52.7 Å². The van der Waals surface area contributed by atoms with E-state index in [-0.39, 0.29) is 0 Å². The summed E-state index contributed by atoms with van der Waals surface area (Å²) in [6.07, 6.45) is 2.83. The van der Waals surface area contributed by atoms with Gasteiger partial charge in [-0.25, -0.2) is 4.98 Å². The molecular weight excluding hydrogens is 310 g/mol. The van der Waals surface area contributed by atoms with Crippen LogP contribution in [0, 0.1) is 11.3 Å². The Morgan fingerprint density at radius 3 is 3.14 bits per heavy atom. The number of quaternary nitrogens is 1. The molecule has 2 aromatic heterocycles. The van der Waals surface area contributed by atoms with Crippen LogP contribution in [0.2, 0.25) is 0 Å². The number of rotatable bonds is 4. The topological polar surface area (TPSA) is 41.1 Å². The van der Waals surface area contributed by atoms with Crippen molar-refractivity contribution in [1.29, 1.82) is 5.26 Å². The molecule has 0 aliphatic carbocycles. The average molecular weight is 328 g/mol. The molecule has 0 amide bonds. The summed E-state index contributed by atoms with van der Waals surface area (Å²) in [6, 6.07) is 4.51. The Morgan fingerprint density at radius 1 is 1.59 bits per heavy atom. The van der Waals surface area contributed by atoms with Gasteiger partial charge in [-0.05, 0) is 22.4 Å². The lowest BCUT2D eigenvalue weighted by Gasteiger charge is -2.25. The molecule has 0 bridgehead atoms. The number of thioether (sulfide) groups is 1. The number of nitriles is 1. The van der Waals surface area contributed by atoms with Crippen LogP contribution in [0.1, 0.15) is 16.8 Å². The Kier molecular flexibility index (Phi) is 4.63. The van der Waals surface area contributed by atoms with E-state index >= 15 is 0 Å². The SMILES string of the molecule is C=CCSc1nc2c(c(-c3ccsc3)c1C#N)C[NH+](C)CC2. The maximum atomic E-state index is 9.73. The van der Waals surface area contributed by atoms with Gasteiger partial charge >= 0.3 is 0 Å². The van der Waals surface area contributed by atoms with Gasteiger partial charge < -0.3 is 4.90 Å². The van der Waals surface area contributed by atoms with Crippen LogP contribution in [0.25, 0.3) is 11.1 Å². The predicted octanol–water partition coefficient (Wildman–Crippen LogP) is 2.53. The first-order chi connectivity index (χ1) is 10.7. The molecule has 3 nitrogen and oxygen atoms in total. The van der Waals surface area contributed by atoms with Gasteiger partial charge in [-0.3, -0.25) is 0 Å². The number of aromatic nitrogens is 1. The van der Waals surface area contributed by atoms with Crippen molar-refractivity contribution in [3.8, 4) is 17.2 Å². The maximum Gasteiger partial charge on any atom is 0.115 e. The summed E-state index contributed by atoms with van der Waals surface area (Å²) in [7, 11) is 2.20. The third kappa shape index (κ3) is 2.82. The van der Waals surface area contributed by atoms with Gasteiger partial charge in [-0.15, -0.1) is 18.3 Å². The van der Waals surface area contributed by atoms with Crippen LogP contribution in [0.5, 0.6) is 0 Å². The minimum atomic E-state index is 0.721. The Labute approximate surface area is 139 Å². The Hall–Kier alpha value is -1.61. The minimum Gasteiger partial charge on any atom is -0.333 e. The standard InChI is InChI=1S/C17H17N3S2/c1-3-7-22-17-13(9-18)16(12-5-8-21-11-12)14-10-20(2)6-4-15(14)19-17/h3,5,8,11H,1,4,6-7,10H2,2H3/p+1. The molecule has 112 valence electrons. The van der Waals surface area contributed by atoms with Gasteiger partial charge in [0.2, 0.25) is 0 Å². The lowest BCUT2D eigenvalue weighted by atomic mass is 9.93. The smallest absolute Gasteiger partial charge is 0.115 e. The van der Waals surface area contributed by atoms with Crippen LogP contribution in [0.4, 0.5) is 0 Å². The summed E-state index contributed by atoms with van der Waals surface area (Å²) in [5.41, 5.74) is 5.38. The first-order valence-electron chi connectivity index (χ1n) is 7.28. The Morgan fingerprint density at radius 2 is 2.45 bits per heavy atom. The lowest BCUT2D eigenvalue weighted by Crippen LogP contribution is -3.08. The second-order valence-corrected chi connectivity index (χ2v) is 7.24. The van der Waals surface area contributed by atoms with Crippen molar-refractivity contribution in [3.63, 3.8) is 0 Å². The van der Waals surface area contributed by atoms with Gasteiger partial charge in [-0.2, -0.15) is 16.6 Å². The van der Waals surface area contributed by atoms with Gasteiger partial charge in [0.1, 0.15) is 17.6 Å². The molecule has 3 rings (SSSR count). The highest BCUT2D eigenvalue weighted by Crippen LogP contribution is 2.36. The summed E-state index contributed by atoms with van der Waals surface area (Å²) in [5.74, 6) is 0.773. The highest BCUT2D eigenvalue weighted by atomic mass is 32.2. The zero-order valence-corrected chi connectivity index (χ0v) is 14.2. The molecule has 0 radical (unpaired) electrons. The highest BCUT2D eigenvalue weighted by molar-refractivity contribution is 7.99. The molecule has 5 heteroatoms. The monoisotopic (exact) mass is 328 g/mol. The van der Waals surface area contributed by atoms with Gasteiger partial charge in [0.15, 0.2) is 0 Å². The quantitative estimate of drug-likeness (QED) is 0.693. The molecule has 1 atom stereocenters. The van der Waals surface area contributed by atoms with Crippen LogP contribution < -0.4 is 4.90 Å². The van der Waals surface area contributed by atoms with E-state index in [4.69, 9.17) is 4.98 Å². The number of likely N-dealkylation sites (N-methyl/N-ethyl adjacent to an activating group) is 1. The number of fused-ring (bicyclic) bond motifs is 1. The van der Waals surface area contributed by atoms with Gasteiger partial charge in [0.25, 0.3) is 0 Å². The third-order valence-electron chi connectivity index (χ3n) is 3.88. The molecule has 1 unspecified atom stereocenters. The summed E-state index contributed by atoms with van der Waals surface area (Å²) < 4.78 is 0. The van der Waals surface area contributed by atoms with Crippen molar-refractivity contribution in [2.24, 2.45) is 0 Å². The minimum absolute atomic E-state index is 0.721. The first kappa shape index (κ1) is 15.3. The van der Waals surface area contributed by atoms with E-state index in [1.54, 1.807) is 23.1 Å². The normalized spacial score (nSPS) is 16.8. The third-order valence-corrected chi connectivity index (χ3v) is 5.53. The van der Waals surface area contributed by atoms with E-state index in [2.05, 4.69) is 36.5 Å². The van der Waals surface area contributed by atoms with E-state index < -0.39 is 0 Å². The van der Waals surface area contributed by atoms with Crippen LogP contribution in [-0.2, 0) is 13.0 Å². The number of hydrogen-bond donors (Lipinski definition) is 1. The molecular formula is C17H18N3S2+. The van der Waals surface area contributed by atoms with Crippen molar-refractivity contribution in [1.82, 2.24) is 4.98 Å². The lowest BCUT2D eigenvalue weighted by molar-refractivity contribution is -0.895. The fraction of sp³-hybridized carbons (Fsp3) is 0.294. The number of nitrogens with zero attached hydrogens (tertiary/aromatic N) is 2. The highest BCUT2D eigenvalue weighted by Gasteiger charge is 2.26. The molecule has 3 heterocycles. The van der Waals surface area contributed by atoms with Crippen LogP contribution >= 0.6 is 23.1 Å². The van der Waals surface area contributed by atoms with Crippen molar-refractivity contribution in [2.45, 2.75) is 18.0 Å². The van der Waals surface area contributed by atoms with Crippen LogP contribution in [0.15, 0.2) is 34.5 Å². The van der Waals surface area contributed by atoms with Gasteiger partial charge in [0, 0.05) is 23.3 Å². The molecule has 0 spiro atoms. The zero-order valence-electron chi connectivity index (χ0n) is 12.6. The van der Waals surface area contributed by atoms with Crippen molar-refractivity contribution in [2.75, 3.05) is 19.3 Å². The van der Waals surface area contributed by atoms with E-state index in [0.29, 0.717) is 0 Å². The summed E-state index contributed by atoms with van der Waals surface area (Å²) >= 11 is 3.27. The number of pyridine rings is 1. The molecule has 2 aromatic rings. The fourth-order valence-electron chi connectivity index (χ4n) is 2.84. The zero-order chi connectivity index (χ0) is 15.5. The molecule has 1 aliphatic heterocycles. The van der Waals surface area contributed by atoms with Gasteiger partial charge in [0.05, 0.1) is 24.8 Å². The summed E-state index contributed by atoms with van der Waals surface area (Å²) in [4.78, 5) is 6.28. The molecule has 0 saturated heterocycles. The van der Waals surface area contributed by atoms with Crippen molar-refractivity contribution in [3.05, 3.63) is 46.3 Å². The Bertz CT molecular complexity index is 729. The number of hydrogen-bond acceptors (Lipinski definition) is 4. The van der Waals surface area contributed by atoms with Crippen LogP contribution in [-0.4, -0.2) is 24.3 Å². The molecule has 22 heavy (non-hydrogen) atoms. The molecule has 0 saturated carbocycles. The molecule has 0 fully saturated rings. The molecule has 1 aliphatic rings. The van der Waals surface area contributed by atoms with E-state index in [9.17, 15) is 5.26 Å². The fourth-order valence-corrected chi connectivity index (χ4v) is 4.23. The summed E-state index contributed by atoms with van der Waals surface area (Å²) in [6.45, 7) is 5.80. The Balaban J connectivity index is 2.23. The van der Waals surface area contributed by atoms with Crippen LogP contribution in [0.3, 0.4) is 0 Å². The summed E-state index contributed by atoms with van der Waals surface area (Å²) in [5, 5.41) is 14.8.